The molecule has 0 saturated carbocycles. The SMILES string of the molecule is CCOC(=O)C(F)[C@@H](N)c1cccc(C)c1. The first-order valence-corrected chi connectivity index (χ1v) is 5.19. The molecular formula is C12H16FNO2. The van der Waals surface area contributed by atoms with Gasteiger partial charge in [-0.1, -0.05) is 29.8 Å². The normalized spacial score (nSPS) is 14.2. The molecule has 0 aromatic heterocycles. The van der Waals surface area contributed by atoms with E-state index in [0.29, 0.717) is 5.56 Å². The molecular weight excluding hydrogens is 209 g/mol. The monoisotopic (exact) mass is 225 g/mol. The number of halogens is 1. The Bertz CT molecular complexity index is 368. The van der Waals surface area contributed by atoms with Crippen molar-refractivity contribution in [3.63, 3.8) is 0 Å². The molecule has 0 aliphatic carbocycles. The smallest absolute Gasteiger partial charge is 0.342 e. The van der Waals surface area contributed by atoms with Crippen molar-refractivity contribution in [2.24, 2.45) is 5.73 Å². The van der Waals surface area contributed by atoms with Gasteiger partial charge in [0.1, 0.15) is 0 Å². The van der Waals surface area contributed by atoms with Crippen LogP contribution in [0.3, 0.4) is 0 Å². The standard InChI is InChI=1S/C12H16FNO2/c1-3-16-12(15)10(13)11(14)9-6-4-5-8(2)7-9/h4-7,10-11H,3,14H2,1-2H3/t10?,11-/m0/s1. The highest BCUT2D eigenvalue weighted by Gasteiger charge is 2.27. The molecule has 0 saturated heterocycles. The molecule has 1 aromatic carbocycles. The van der Waals surface area contributed by atoms with Crippen molar-refractivity contribution in [1.29, 1.82) is 0 Å². The molecule has 0 fully saturated rings. The third kappa shape index (κ3) is 3.03. The Kier molecular flexibility index (Phi) is 4.43. The number of hydrogen-bond donors (Lipinski definition) is 1. The summed E-state index contributed by atoms with van der Waals surface area (Å²) in [5.41, 5.74) is 7.24. The second-order valence-corrected chi connectivity index (χ2v) is 3.59. The number of hydrogen-bond acceptors (Lipinski definition) is 3. The van der Waals surface area contributed by atoms with E-state index in [4.69, 9.17) is 5.73 Å². The minimum absolute atomic E-state index is 0.153. The predicted octanol–water partition coefficient (Wildman–Crippen LogP) is 1.90. The van der Waals surface area contributed by atoms with Crippen molar-refractivity contribution in [1.82, 2.24) is 0 Å². The summed E-state index contributed by atoms with van der Waals surface area (Å²) < 4.78 is 18.2. The quantitative estimate of drug-likeness (QED) is 0.796. The predicted molar refractivity (Wildman–Crippen MR) is 59.6 cm³/mol. The van der Waals surface area contributed by atoms with Gasteiger partial charge in [-0.25, -0.2) is 9.18 Å². The van der Waals surface area contributed by atoms with Crippen molar-refractivity contribution in [2.45, 2.75) is 26.1 Å². The second-order valence-electron chi connectivity index (χ2n) is 3.59. The van der Waals surface area contributed by atoms with Gasteiger partial charge >= 0.3 is 5.97 Å². The van der Waals surface area contributed by atoms with Gasteiger partial charge in [-0.15, -0.1) is 0 Å². The number of rotatable bonds is 4. The molecule has 4 heteroatoms. The number of ether oxygens (including phenoxy) is 1. The van der Waals surface area contributed by atoms with Gasteiger partial charge in [0.15, 0.2) is 0 Å². The number of aryl methyl sites for hydroxylation is 1. The number of alkyl halides is 1. The highest BCUT2D eigenvalue weighted by molar-refractivity contribution is 5.75. The molecule has 16 heavy (non-hydrogen) atoms. The van der Waals surface area contributed by atoms with Crippen molar-refractivity contribution in [3.8, 4) is 0 Å². The van der Waals surface area contributed by atoms with Gasteiger partial charge in [0.05, 0.1) is 12.6 Å². The molecule has 2 atom stereocenters. The van der Waals surface area contributed by atoms with Crippen LogP contribution in [0.25, 0.3) is 0 Å². The van der Waals surface area contributed by atoms with E-state index in [0.717, 1.165) is 5.56 Å². The fourth-order valence-corrected chi connectivity index (χ4v) is 1.41. The summed E-state index contributed by atoms with van der Waals surface area (Å²) in [4.78, 5) is 11.2. The maximum absolute atomic E-state index is 13.6. The minimum atomic E-state index is -1.82. The van der Waals surface area contributed by atoms with Crippen molar-refractivity contribution in [3.05, 3.63) is 35.4 Å². The Balaban J connectivity index is 2.77. The van der Waals surface area contributed by atoms with Crippen molar-refractivity contribution < 1.29 is 13.9 Å². The molecule has 0 heterocycles. The fraction of sp³-hybridized carbons (Fsp3) is 0.417. The molecule has 0 spiro atoms. The summed E-state index contributed by atoms with van der Waals surface area (Å²) in [7, 11) is 0. The average molecular weight is 225 g/mol. The van der Waals surface area contributed by atoms with Crippen molar-refractivity contribution >= 4 is 5.97 Å². The fourth-order valence-electron chi connectivity index (χ4n) is 1.41. The van der Waals surface area contributed by atoms with Crippen LogP contribution in [0.5, 0.6) is 0 Å². The Morgan fingerprint density at radius 2 is 2.25 bits per heavy atom. The van der Waals surface area contributed by atoms with Gasteiger partial charge < -0.3 is 10.5 Å². The van der Waals surface area contributed by atoms with E-state index in [9.17, 15) is 9.18 Å². The summed E-state index contributed by atoms with van der Waals surface area (Å²) in [6.45, 7) is 3.66. The maximum atomic E-state index is 13.6. The lowest BCUT2D eigenvalue weighted by Crippen LogP contribution is -2.31. The minimum Gasteiger partial charge on any atom is -0.464 e. The Morgan fingerprint density at radius 3 is 2.81 bits per heavy atom. The van der Waals surface area contributed by atoms with Crippen LogP contribution in [0.2, 0.25) is 0 Å². The molecule has 3 nitrogen and oxygen atoms in total. The van der Waals surface area contributed by atoms with Crippen LogP contribution in [-0.4, -0.2) is 18.7 Å². The molecule has 0 bridgehead atoms. The van der Waals surface area contributed by atoms with Crippen LogP contribution >= 0.6 is 0 Å². The second kappa shape index (κ2) is 5.61. The van der Waals surface area contributed by atoms with Gasteiger partial charge in [-0.3, -0.25) is 0 Å². The average Bonchev–Trinajstić information content (AvgIpc) is 2.27. The Morgan fingerprint density at radius 1 is 1.56 bits per heavy atom. The zero-order valence-corrected chi connectivity index (χ0v) is 9.44. The van der Waals surface area contributed by atoms with Gasteiger partial charge in [-0.05, 0) is 19.4 Å². The summed E-state index contributed by atoms with van der Waals surface area (Å²) in [5.74, 6) is -0.906. The van der Waals surface area contributed by atoms with Gasteiger partial charge in [0.2, 0.25) is 6.17 Å². The molecule has 2 N–H and O–H groups in total. The van der Waals surface area contributed by atoms with E-state index in [1.807, 2.05) is 13.0 Å². The number of nitrogens with two attached hydrogens (primary N) is 1. The molecule has 1 aromatic rings. The van der Waals surface area contributed by atoms with Crippen LogP contribution < -0.4 is 5.73 Å². The van der Waals surface area contributed by atoms with Gasteiger partial charge in [0.25, 0.3) is 0 Å². The lowest BCUT2D eigenvalue weighted by molar-refractivity contribution is -0.149. The van der Waals surface area contributed by atoms with Gasteiger partial charge in [0, 0.05) is 0 Å². The number of carbonyl (C=O) groups excluding carboxylic acids is 1. The number of esters is 1. The first-order valence-electron chi connectivity index (χ1n) is 5.19. The van der Waals surface area contributed by atoms with Crippen LogP contribution in [-0.2, 0) is 9.53 Å². The van der Waals surface area contributed by atoms with Crippen LogP contribution in [0, 0.1) is 6.92 Å². The molecule has 0 amide bonds. The topological polar surface area (TPSA) is 52.3 Å². The maximum Gasteiger partial charge on any atom is 0.342 e. The lowest BCUT2D eigenvalue weighted by atomic mass is 10.0. The third-order valence-corrected chi connectivity index (χ3v) is 2.25. The van der Waals surface area contributed by atoms with E-state index in [-0.39, 0.29) is 6.61 Å². The number of carbonyl (C=O) groups is 1. The van der Waals surface area contributed by atoms with Crippen LogP contribution in [0.1, 0.15) is 24.1 Å². The van der Waals surface area contributed by atoms with E-state index < -0.39 is 18.2 Å². The molecule has 0 radical (unpaired) electrons. The zero-order chi connectivity index (χ0) is 12.1. The lowest BCUT2D eigenvalue weighted by Gasteiger charge is -2.16. The Labute approximate surface area is 94.4 Å². The first-order chi connectivity index (χ1) is 7.56. The zero-order valence-electron chi connectivity index (χ0n) is 9.44. The molecule has 0 aliphatic rings. The van der Waals surface area contributed by atoms with Gasteiger partial charge in [-0.2, -0.15) is 0 Å². The third-order valence-electron chi connectivity index (χ3n) is 2.25. The molecule has 88 valence electrons. The molecule has 1 rings (SSSR count). The molecule has 0 aliphatic heterocycles. The summed E-state index contributed by atoms with van der Waals surface area (Å²) >= 11 is 0. The van der Waals surface area contributed by atoms with E-state index in [1.165, 1.54) is 0 Å². The van der Waals surface area contributed by atoms with E-state index in [2.05, 4.69) is 4.74 Å². The largest absolute Gasteiger partial charge is 0.464 e. The summed E-state index contributed by atoms with van der Waals surface area (Å²) in [6, 6.07) is 6.15. The highest BCUT2D eigenvalue weighted by atomic mass is 19.1. The van der Waals surface area contributed by atoms with E-state index in [1.54, 1.807) is 25.1 Å². The molecule has 1 unspecified atom stereocenters. The summed E-state index contributed by atoms with van der Waals surface area (Å²) in [5, 5.41) is 0. The van der Waals surface area contributed by atoms with Crippen LogP contribution in [0.4, 0.5) is 4.39 Å². The van der Waals surface area contributed by atoms with Crippen molar-refractivity contribution in [2.75, 3.05) is 6.61 Å². The first kappa shape index (κ1) is 12.6. The van der Waals surface area contributed by atoms with E-state index >= 15 is 0 Å². The number of benzene rings is 1. The highest BCUT2D eigenvalue weighted by Crippen LogP contribution is 2.18. The summed E-state index contributed by atoms with van der Waals surface area (Å²) in [6.07, 6.45) is -1.82. The Hall–Kier alpha value is -1.42. The van der Waals surface area contributed by atoms with Crippen LogP contribution in [0.15, 0.2) is 24.3 Å².